The van der Waals surface area contributed by atoms with Gasteiger partial charge in [0, 0.05) is 37.2 Å². The Labute approximate surface area is 226 Å². The average Bonchev–Trinajstić information content (AvgIpc) is 2.86. The number of methoxy groups -OCH3 is 2. The Hall–Kier alpha value is 1.05. The smallest absolute Gasteiger partial charge is 0.0716 e. The van der Waals surface area contributed by atoms with Gasteiger partial charge in [-0.2, -0.15) is 0 Å². The Morgan fingerprint density at radius 3 is 1.09 bits per heavy atom. The molecule has 0 heterocycles. The van der Waals surface area contributed by atoms with Crippen molar-refractivity contribution in [3.8, 4) is 0 Å². The minimum atomic E-state index is -0.736. The van der Waals surface area contributed by atoms with Crippen LogP contribution in [-0.4, -0.2) is 54.8 Å². The summed E-state index contributed by atoms with van der Waals surface area (Å²) >= 11 is 0. The van der Waals surface area contributed by atoms with Crippen LogP contribution in [0.25, 0.3) is 0 Å². The van der Waals surface area contributed by atoms with Gasteiger partial charge >= 0.3 is 0 Å². The fraction of sp³-hybridized carbons (Fsp3) is 1.00. The van der Waals surface area contributed by atoms with Crippen molar-refractivity contribution in [3.05, 3.63) is 0 Å². The summed E-state index contributed by atoms with van der Waals surface area (Å²) < 4.78 is 12.0. The van der Waals surface area contributed by atoms with Gasteiger partial charge in [0.05, 0.1) is 17.6 Å². The zero-order valence-corrected chi connectivity index (χ0v) is 28.0. The van der Waals surface area contributed by atoms with Crippen LogP contribution in [0.4, 0.5) is 0 Å². The van der Waals surface area contributed by atoms with Crippen LogP contribution in [0, 0.1) is 0 Å². The van der Waals surface area contributed by atoms with Crippen molar-refractivity contribution in [1.82, 2.24) is 0 Å². The summed E-state index contributed by atoms with van der Waals surface area (Å²) in [6.07, 6.45) is 19.1. The standard InChI is InChI=1S/C28H62O2S2Si2/c1-7-11-23-33(24-12-8-2)27(29-5)19-15-17-21-31-32-22-18-16-20-28(30-6)34(25-13-9-3)26-14-10-4/h27-28,33-34H,7-26H2,1-6H3. The highest BCUT2D eigenvalue weighted by molar-refractivity contribution is 8.76. The number of hydrogen-bond acceptors (Lipinski definition) is 4. The molecule has 0 bridgehead atoms. The van der Waals surface area contributed by atoms with E-state index in [0.717, 1.165) is 0 Å². The van der Waals surface area contributed by atoms with Gasteiger partial charge in [0.1, 0.15) is 0 Å². The van der Waals surface area contributed by atoms with Gasteiger partial charge in [0.15, 0.2) is 0 Å². The van der Waals surface area contributed by atoms with Crippen LogP contribution in [0.5, 0.6) is 0 Å². The zero-order chi connectivity index (χ0) is 25.3. The van der Waals surface area contributed by atoms with Crippen LogP contribution in [0.1, 0.15) is 118 Å². The Morgan fingerprint density at radius 1 is 0.500 bits per heavy atom. The minimum absolute atomic E-state index is 0.617. The lowest BCUT2D eigenvalue weighted by Gasteiger charge is -2.25. The molecule has 0 spiro atoms. The van der Waals surface area contributed by atoms with E-state index in [1.54, 1.807) is 0 Å². The molecule has 0 aromatic carbocycles. The lowest BCUT2D eigenvalue weighted by atomic mass is 10.3. The first-order valence-electron chi connectivity index (χ1n) is 15.0. The number of unbranched alkanes of at least 4 members (excludes halogenated alkanes) is 6. The number of rotatable bonds is 27. The summed E-state index contributed by atoms with van der Waals surface area (Å²) in [5.74, 6) is 2.61. The third-order valence-electron chi connectivity index (χ3n) is 7.39. The monoisotopic (exact) mass is 550 g/mol. The van der Waals surface area contributed by atoms with Crippen LogP contribution in [-0.2, 0) is 9.47 Å². The predicted octanol–water partition coefficient (Wildman–Crippen LogP) is 9.47. The van der Waals surface area contributed by atoms with Gasteiger partial charge in [-0.3, -0.25) is 0 Å². The van der Waals surface area contributed by atoms with Gasteiger partial charge in [0.25, 0.3) is 0 Å². The first kappa shape index (κ1) is 35.1. The summed E-state index contributed by atoms with van der Waals surface area (Å²) in [5.41, 5.74) is 1.23. The van der Waals surface area contributed by atoms with Gasteiger partial charge in [-0.15, -0.1) is 0 Å². The lowest BCUT2D eigenvalue weighted by Crippen LogP contribution is -2.32. The Bertz CT molecular complexity index is 353. The molecule has 206 valence electrons. The fourth-order valence-electron chi connectivity index (χ4n) is 5.12. The van der Waals surface area contributed by atoms with Gasteiger partial charge in [-0.25, -0.2) is 0 Å². The second-order valence-corrected chi connectivity index (χ2v) is 19.8. The van der Waals surface area contributed by atoms with Crippen LogP contribution in [0.15, 0.2) is 0 Å². The molecule has 2 nitrogen and oxygen atoms in total. The highest BCUT2D eigenvalue weighted by Crippen LogP contribution is 2.26. The Balaban J connectivity index is 3.96. The third kappa shape index (κ3) is 19.2. The number of hydrogen-bond donors (Lipinski definition) is 0. The van der Waals surface area contributed by atoms with Crippen molar-refractivity contribution in [2.24, 2.45) is 0 Å². The van der Waals surface area contributed by atoms with Crippen LogP contribution in [0.2, 0.25) is 24.2 Å². The van der Waals surface area contributed by atoms with E-state index in [9.17, 15) is 0 Å². The van der Waals surface area contributed by atoms with Crippen molar-refractivity contribution in [2.75, 3.05) is 25.7 Å². The maximum atomic E-state index is 6.01. The molecule has 0 aliphatic carbocycles. The fourth-order valence-corrected chi connectivity index (χ4v) is 15.4. The summed E-state index contributed by atoms with van der Waals surface area (Å²) in [6.45, 7) is 9.32. The maximum absolute atomic E-state index is 6.01. The molecule has 0 aliphatic rings. The second-order valence-electron chi connectivity index (χ2n) is 10.3. The molecule has 0 rings (SSSR count). The van der Waals surface area contributed by atoms with E-state index in [1.165, 1.54) is 126 Å². The second kappa shape index (κ2) is 27.1. The van der Waals surface area contributed by atoms with Gasteiger partial charge in [-0.05, 0) is 25.7 Å². The lowest BCUT2D eigenvalue weighted by molar-refractivity contribution is 0.150. The summed E-state index contributed by atoms with van der Waals surface area (Å²) in [6, 6.07) is 5.96. The Kier molecular flexibility index (Phi) is 27.9. The van der Waals surface area contributed by atoms with E-state index >= 15 is 0 Å². The van der Waals surface area contributed by atoms with Gasteiger partial charge in [0.2, 0.25) is 0 Å². The highest BCUT2D eigenvalue weighted by Gasteiger charge is 2.22. The van der Waals surface area contributed by atoms with Crippen LogP contribution >= 0.6 is 21.6 Å². The molecule has 2 atom stereocenters. The molecule has 0 radical (unpaired) electrons. The molecular weight excluding hydrogens is 489 g/mol. The molecule has 34 heavy (non-hydrogen) atoms. The largest absolute Gasteiger partial charge is 0.385 e. The van der Waals surface area contributed by atoms with E-state index in [0.29, 0.717) is 11.5 Å². The van der Waals surface area contributed by atoms with Crippen molar-refractivity contribution >= 4 is 39.2 Å². The summed E-state index contributed by atoms with van der Waals surface area (Å²) in [7, 11) is 6.68. The van der Waals surface area contributed by atoms with Crippen molar-refractivity contribution < 1.29 is 9.47 Å². The highest BCUT2D eigenvalue weighted by atomic mass is 33.1. The molecule has 0 saturated heterocycles. The number of ether oxygens (including phenoxy) is 2. The normalized spacial score (nSPS) is 13.8. The van der Waals surface area contributed by atoms with E-state index in [-0.39, 0.29) is 0 Å². The molecule has 6 heteroatoms. The quantitative estimate of drug-likeness (QED) is 0.0575. The maximum Gasteiger partial charge on any atom is 0.0716 e. The van der Waals surface area contributed by atoms with Crippen molar-refractivity contribution in [3.63, 3.8) is 0 Å². The molecule has 0 aliphatic heterocycles. The first-order chi connectivity index (χ1) is 16.7. The molecule has 0 fully saturated rings. The van der Waals surface area contributed by atoms with Gasteiger partial charge in [-0.1, -0.05) is 138 Å². The summed E-state index contributed by atoms with van der Waals surface area (Å²) in [4.78, 5) is 0. The van der Waals surface area contributed by atoms with E-state index in [1.807, 2.05) is 14.2 Å². The first-order valence-corrected chi connectivity index (χ1v) is 22.1. The van der Waals surface area contributed by atoms with Crippen molar-refractivity contribution in [1.29, 1.82) is 0 Å². The summed E-state index contributed by atoms with van der Waals surface area (Å²) in [5, 5.41) is 0. The molecule has 0 N–H and O–H groups in total. The average molecular weight is 551 g/mol. The van der Waals surface area contributed by atoms with E-state index < -0.39 is 17.6 Å². The SMILES string of the molecule is CCCC[SiH](CCCC)C(CCCCSSCCCCC(OC)[SiH](CCCC)CCCC)OC. The topological polar surface area (TPSA) is 18.5 Å². The molecule has 0 saturated carbocycles. The molecule has 2 unspecified atom stereocenters. The van der Waals surface area contributed by atoms with Crippen LogP contribution in [0.3, 0.4) is 0 Å². The minimum Gasteiger partial charge on any atom is -0.385 e. The van der Waals surface area contributed by atoms with Crippen molar-refractivity contribution in [2.45, 2.75) is 153 Å². The molecule has 0 aromatic rings. The van der Waals surface area contributed by atoms with Crippen LogP contribution < -0.4 is 0 Å². The van der Waals surface area contributed by atoms with E-state index in [4.69, 9.17) is 9.47 Å². The molecular formula is C28H62O2S2Si2. The third-order valence-corrected chi connectivity index (χ3v) is 17.9. The zero-order valence-electron chi connectivity index (χ0n) is 24.1. The predicted molar refractivity (Wildman–Crippen MR) is 167 cm³/mol. The van der Waals surface area contributed by atoms with E-state index in [2.05, 4.69) is 49.3 Å². The molecule has 0 amide bonds. The molecule has 0 aromatic heterocycles. The van der Waals surface area contributed by atoms with Gasteiger partial charge < -0.3 is 9.47 Å². The Morgan fingerprint density at radius 2 is 0.824 bits per heavy atom.